The first kappa shape index (κ1) is 23.5. The number of benzene rings is 2. The van der Waals surface area contributed by atoms with Crippen molar-refractivity contribution in [1.82, 2.24) is 4.31 Å². The summed E-state index contributed by atoms with van der Waals surface area (Å²) in [4.78, 5) is 26.8. The van der Waals surface area contributed by atoms with Gasteiger partial charge in [0.1, 0.15) is 10.9 Å². The number of carbonyl (C=O) groups is 2. The van der Waals surface area contributed by atoms with E-state index in [-0.39, 0.29) is 21.4 Å². The molecule has 2 aromatic rings. The quantitative estimate of drug-likeness (QED) is 0.387. The van der Waals surface area contributed by atoms with Crippen molar-refractivity contribution in [3.05, 3.63) is 56.1 Å². The number of amides is 2. The van der Waals surface area contributed by atoms with Gasteiger partial charge < -0.3 is 0 Å². The predicted molar refractivity (Wildman–Crippen MR) is 125 cm³/mol. The standard InChI is InChI=1S/C20H19Cl2IN2O4S/c1-20(2,3)25(30(28,29)17-10-12(21)4-9-15(17)22)16-11-18(26)24(19(16)27)14-7-5-13(23)6-8-14/h4-10,16H,11H2,1-3H3. The monoisotopic (exact) mass is 580 g/mol. The lowest BCUT2D eigenvalue weighted by Gasteiger charge is -2.37. The average Bonchev–Trinajstić information content (AvgIpc) is 2.90. The highest BCUT2D eigenvalue weighted by molar-refractivity contribution is 14.1. The molecule has 1 fully saturated rings. The Morgan fingerprint density at radius 1 is 1.07 bits per heavy atom. The van der Waals surface area contributed by atoms with Gasteiger partial charge in [-0.05, 0) is 85.8 Å². The number of hydrogen-bond donors (Lipinski definition) is 0. The van der Waals surface area contributed by atoms with E-state index in [9.17, 15) is 18.0 Å². The summed E-state index contributed by atoms with van der Waals surface area (Å²) in [5.41, 5.74) is -0.604. The van der Waals surface area contributed by atoms with Crippen LogP contribution in [0.25, 0.3) is 0 Å². The summed E-state index contributed by atoms with van der Waals surface area (Å²) in [6.07, 6.45) is -0.264. The normalized spacial score (nSPS) is 17.8. The molecule has 0 radical (unpaired) electrons. The highest BCUT2D eigenvalue weighted by atomic mass is 127. The molecule has 1 heterocycles. The van der Waals surface area contributed by atoms with Crippen LogP contribution in [0.1, 0.15) is 27.2 Å². The summed E-state index contributed by atoms with van der Waals surface area (Å²) < 4.78 is 29.2. The third kappa shape index (κ3) is 4.38. The maximum atomic E-state index is 13.6. The molecule has 1 unspecified atom stereocenters. The molecule has 2 amide bonds. The molecule has 10 heteroatoms. The molecule has 0 saturated carbocycles. The lowest BCUT2D eigenvalue weighted by atomic mass is 10.1. The topological polar surface area (TPSA) is 74.8 Å². The molecule has 1 aliphatic rings. The van der Waals surface area contributed by atoms with E-state index in [1.807, 2.05) is 0 Å². The molecule has 30 heavy (non-hydrogen) atoms. The Labute approximate surface area is 199 Å². The second kappa shape index (κ2) is 8.38. The van der Waals surface area contributed by atoms with E-state index in [1.54, 1.807) is 45.0 Å². The summed E-state index contributed by atoms with van der Waals surface area (Å²) in [6, 6.07) is 9.77. The average molecular weight is 581 g/mol. The van der Waals surface area contributed by atoms with Gasteiger partial charge in [0.25, 0.3) is 5.91 Å². The summed E-state index contributed by atoms with van der Waals surface area (Å²) >= 11 is 14.3. The van der Waals surface area contributed by atoms with E-state index in [4.69, 9.17) is 23.2 Å². The Hall–Kier alpha value is -1.20. The Kier molecular flexibility index (Phi) is 6.56. The van der Waals surface area contributed by atoms with Gasteiger partial charge in [0.15, 0.2) is 0 Å². The third-order valence-corrected chi connectivity index (χ3v) is 8.19. The van der Waals surface area contributed by atoms with E-state index < -0.39 is 33.4 Å². The van der Waals surface area contributed by atoms with Crippen LogP contribution in [0.4, 0.5) is 5.69 Å². The van der Waals surface area contributed by atoms with Gasteiger partial charge in [-0.15, -0.1) is 0 Å². The highest BCUT2D eigenvalue weighted by Gasteiger charge is 2.51. The zero-order valence-electron chi connectivity index (χ0n) is 16.4. The van der Waals surface area contributed by atoms with Crippen LogP contribution < -0.4 is 4.90 Å². The summed E-state index contributed by atoms with van der Waals surface area (Å²) in [6.45, 7) is 4.98. The second-order valence-electron chi connectivity index (χ2n) is 7.81. The van der Waals surface area contributed by atoms with Gasteiger partial charge in [-0.25, -0.2) is 13.3 Å². The van der Waals surface area contributed by atoms with Crippen LogP contribution in [0.2, 0.25) is 10.0 Å². The lowest BCUT2D eigenvalue weighted by molar-refractivity contribution is -0.122. The predicted octanol–water partition coefficient (Wildman–Crippen LogP) is 4.72. The van der Waals surface area contributed by atoms with E-state index in [0.29, 0.717) is 5.69 Å². The van der Waals surface area contributed by atoms with Crippen molar-refractivity contribution in [2.75, 3.05) is 4.90 Å². The van der Waals surface area contributed by atoms with Gasteiger partial charge >= 0.3 is 0 Å². The summed E-state index contributed by atoms with van der Waals surface area (Å²) in [5.74, 6) is -1.06. The number of nitrogens with zero attached hydrogens (tertiary/aromatic N) is 2. The fourth-order valence-electron chi connectivity index (χ4n) is 3.44. The molecule has 0 N–H and O–H groups in total. The van der Waals surface area contributed by atoms with E-state index in [1.165, 1.54) is 18.2 Å². The van der Waals surface area contributed by atoms with Gasteiger partial charge in [-0.1, -0.05) is 23.2 Å². The Morgan fingerprint density at radius 2 is 1.67 bits per heavy atom. The molecule has 1 aliphatic heterocycles. The van der Waals surface area contributed by atoms with Crippen LogP contribution in [0.5, 0.6) is 0 Å². The Balaban J connectivity index is 2.09. The van der Waals surface area contributed by atoms with Crippen molar-refractivity contribution in [3.63, 3.8) is 0 Å². The Morgan fingerprint density at radius 3 is 2.23 bits per heavy atom. The van der Waals surface area contributed by atoms with Crippen molar-refractivity contribution in [2.45, 2.75) is 43.7 Å². The molecule has 0 spiro atoms. The zero-order chi connectivity index (χ0) is 22.4. The molecule has 1 atom stereocenters. The molecular weight excluding hydrogens is 562 g/mol. The van der Waals surface area contributed by atoms with Crippen molar-refractivity contribution >= 4 is 73.3 Å². The molecule has 6 nitrogen and oxygen atoms in total. The lowest BCUT2D eigenvalue weighted by Crippen LogP contribution is -2.54. The minimum absolute atomic E-state index is 0.0140. The molecule has 160 valence electrons. The molecule has 0 aliphatic carbocycles. The molecule has 2 aromatic carbocycles. The molecule has 3 rings (SSSR count). The van der Waals surface area contributed by atoms with Gasteiger partial charge in [0.2, 0.25) is 15.9 Å². The van der Waals surface area contributed by atoms with Crippen LogP contribution in [0, 0.1) is 3.57 Å². The maximum absolute atomic E-state index is 13.6. The van der Waals surface area contributed by atoms with Gasteiger partial charge in [0.05, 0.1) is 17.1 Å². The summed E-state index contributed by atoms with van der Waals surface area (Å²) in [7, 11) is -4.25. The first-order chi connectivity index (χ1) is 13.8. The van der Waals surface area contributed by atoms with Crippen molar-refractivity contribution in [2.24, 2.45) is 0 Å². The zero-order valence-corrected chi connectivity index (χ0v) is 20.9. The van der Waals surface area contributed by atoms with Crippen molar-refractivity contribution < 1.29 is 18.0 Å². The van der Waals surface area contributed by atoms with E-state index in [0.717, 1.165) is 12.8 Å². The van der Waals surface area contributed by atoms with Crippen LogP contribution in [-0.4, -0.2) is 36.1 Å². The number of imide groups is 1. The van der Waals surface area contributed by atoms with Crippen molar-refractivity contribution in [1.29, 1.82) is 0 Å². The minimum atomic E-state index is -4.25. The fourth-order valence-corrected chi connectivity index (χ4v) is 6.47. The largest absolute Gasteiger partial charge is 0.274 e. The number of hydrogen-bond acceptors (Lipinski definition) is 4. The van der Waals surface area contributed by atoms with Crippen LogP contribution in [0.15, 0.2) is 47.4 Å². The van der Waals surface area contributed by atoms with Crippen LogP contribution in [-0.2, 0) is 19.6 Å². The molecule has 0 bridgehead atoms. The second-order valence-corrected chi connectivity index (χ2v) is 11.7. The van der Waals surface area contributed by atoms with E-state index in [2.05, 4.69) is 22.6 Å². The van der Waals surface area contributed by atoms with Crippen LogP contribution in [0.3, 0.4) is 0 Å². The smallest absolute Gasteiger partial charge is 0.252 e. The number of anilines is 1. The number of rotatable bonds is 4. The van der Waals surface area contributed by atoms with Gasteiger partial charge in [-0.3, -0.25) is 9.59 Å². The fraction of sp³-hybridized carbons (Fsp3) is 0.300. The first-order valence-corrected chi connectivity index (χ1v) is 12.2. The van der Waals surface area contributed by atoms with Crippen molar-refractivity contribution in [3.8, 4) is 0 Å². The van der Waals surface area contributed by atoms with E-state index >= 15 is 0 Å². The molecular formula is C20H19Cl2IN2O4S. The Bertz CT molecular complexity index is 1110. The SMILES string of the molecule is CC(C)(C)N(C1CC(=O)N(c2ccc(I)cc2)C1=O)S(=O)(=O)c1cc(Cl)ccc1Cl. The minimum Gasteiger partial charge on any atom is -0.274 e. The molecule has 0 aromatic heterocycles. The number of halogens is 3. The van der Waals surface area contributed by atoms with Gasteiger partial charge in [0, 0.05) is 14.1 Å². The number of carbonyl (C=O) groups excluding carboxylic acids is 2. The van der Waals surface area contributed by atoms with Crippen LogP contribution >= 0.6 is 45.8 Å². The number of sulfonamides is 1. The highest BCUT2D eigenvalue weighted by Crippen LogP contribution is 2.37. The first-order valence-electron chi connectivity index (χ1n) is 8.96. The maximum Gasteiger partial charge on any atom is 0.252 e. The summed E-state index contributed by atoms with van der Waals surface area (Å²) in [5, 5.41) is 0.182. The third-order valence-electron chi connectivity index (χ3n) is 4.58. The van der Waals surface area contributed by atoms with Gasteiger partial charge in [-0.2, -0.15) is 4.31 Å². The molecule has 1 saturated heterocycles.